The average molecular weight is 465 g/mol. The number of alkyl halides is 11. The third-order valence-electron chi connectivity index (χ3n) is 3.21. The van der Waals surface area contributed by atoms with Gasteiger partial charge in [0, 0.05) is 6.42 Å². The lowest BCUT2D eigenvalue weighted by atomic mass is 10.0. The minimum atomic E-state index is -6.73. The fourth-order valence-corrected chi connectivity index (χ4v) is 3.61. The molecule has 0 heterocycles. The smallest absolute Gasteiger partial charge is 0.459 e. The zero-order chi connectivity index (χ0) is 22.1. The topological polar surface area (TPSA) is 60.4 Å². The number of rotatable bonds is 8. The fraction of sp³-hybridized carbons (Fsp3) is 0.909. The third kappa shape index (κ3) is 5.74. The number of hydrogen-bond acceptors (Lipinski definition) is 4. The van der Waals surface area contributed by atoms with Crippen molar-refractivity contribution >= 4 is 27.4 Å². The molecule has 0 spiro atoms. The van der Waals surface area contributed by atoms with Crippen molar-refractivity contribution in [3.8, 4) is 0 Å². The van der Waals surface area contributed by atoms with Gasteiger partial charge in [-0.3, -0.25) is 0 Å². The zero-order valence-electron chi connectivity index (χ0n) is 13.0. The number of esters is 1. The van der Waals surface area contributed by atoms with Crippen molar-refractivity contribution in [3.05, 3.63) is 0 Å². The predicted molar refractivity (Wildman–Crippen MR) is 70.2 cm³/mol. The van der Waals surface area contributed by atoms with E-state index in [4.69, 9.17) is 11.6 Å². The summed E-state index contributed by atoms with van der Waals surface area (Å²) in [6.45, 7) is 0. The molecule has 0 radical (unpaired) electrons. The first-order valence-corrected chi connectivity index (χ1v) is 8.56. The molecule has 16 heteroatoms. The first kappa shape index (κ1) is 26.0. The summed E-state index contributed by atoms with van der Waals surface area (Å²) >= 11 is 5.29. The van der Waals surface area contributed by atoms with Crippen LogP contribution in [0.25, 0.3) is 0 Å². The Hall–Kier alpha value is -0.990. The minimum Gasteiger partial charge on any atom is -0.467 e. The molecule has 1 atom stereocenters. The van der Waals surface area contributed by atoms with E-state index in [9.17, 15) is 57.1 Å². The van der Waals surface area contributed by atoms with Gasteiger partial charge in [-0.2, -0.15) is 43.9 Å². The molecule has 0 aliphatic rings. The molecule has 27 heavy (non-hydrogen) atoms. The van der Waals surface area contributed by atoms with E-state index in [0.29, 0.717) is 7.11 Å². The van der Waals surface area contributed by atoms with Gasteiger partial charge < -0.3 is 4.74 Å². The van der Waals surface area contributed by atoms with Crippen molar-refractivity contribution in [1.29, 1.82) is 0 Å². The molecule has 1 unspecified atom stereocenters. The molecule has 0 rings (SSSR count). The molecule has 0 amide bonds. The molecule has 0 aromatic rings. The average Bonchev–Trinajstić information content (AvgIpc) is 2.47. The molecule has 0 bridgehead atoms. The van der Waals surface area contributed by atoms with Crippen LogP contribution in [-0.4, -0.2) is 55.7 Å². The Balaban J connectivity index is 5.78. The van der Waals surface area contributed by atoms with Gasteiger partial charge in [-0.15, -0.1) is 0 Å². The Morgan fingerprint density at radius 1 is 0.889 bits per heavy atom. The Bertz CT molecular complexity index is 643. The Morgan fingerprint density at radius 2 is 1.33 bits per heavy atom. The van der Waals surface area contributed by atoms with Crippen LogP contribution in [0.1, 0.15) is 19.3 Å². The van der Waals surface area contributed by atoms with E-state index in [0.717, 1.165) is 0 Å². The van der Waals surface area contributed by atoms with Crippen LogP contribution >= 0.6 is 11.6 Å². The van der Waals surface area contributed by atoms with Crippen LogP contribution in [0, 0.1) is 0 Å². The number of hydrogen-bond donors (Lipinski definition) is 0. The molecule has 0 aromatic carbocycles. The van der Waals surface area contributed by atoms with Crippen LogP contribution in [0.15, 0.2) is 0 Å². The number of ether oxygens (including phenoxy) is 1. The largest absolute Gasteiger partial charge is 0.467 e. The molecular formula is C11H11ClF10O4S. The summed E-state index contributed by atoms with van der Waals surface area (Å²) in [6, 6.07) is 0. The molecule has 0 aliphatic heterocycles. The van der Waals surface area contributed by atoms with Gasteiger partial charge >= 0.3 is 30.2 Å². The van der Waals surface area contributed by atoms with Gasteiger partial charge in [0.05, 0.1) is 19.3 Å². The van der Waals surface area contributed by atoms with Crippen molar-refractivity contribution in [3.63, 3.8) is 0 Å². The molecule has 0 aliphatic carbocycles. The molecule has 4 nitrogen and oxygen atoms in total. The summed E-state index contributed by atoms with van der Waals surface area (Å²) in [5, 5.41) is 0. The van der Waals surface area contributed by atoms with Crippen molar-refractivity contribution in [2.45, 2.75) is 47.7 Å². The first-order valence-electron chi connectivity index (χ1n) is 6.53. The normalized spacial score (nSPS) is 16.7. The number of halogens is 11. The quantitative estimate of drug-likeness (QED) is 0.309. The second-order valence-electron chi connectivity index (χ2n) is 5.18. The highest BCUT2D eigenvalue weighted by atomic mass is 35.5. The Kier molecular flexibility index (Phi) is 7.51. The van der Waals surface area contributed by atoms with Crippen LogP contribution in [0.4, 0.5) is 43.9 Å². The van der Waals surface area contributed by atoms with Crippen molar-refractivity contribution in [1.82, 2.24) is 0 Å². The maximum Gasteiger partial charge on any atom is 0.459 e. The Morgan fingerprint density at radius 3 is 1.67 bits per heavy atom. The van der Waals surface area contributed by atoms with Crippen molar-refractivity contribution < 1.29 is 61.9 Å². The second kappa shape index (κ2) is 7.79. The van der Waals surface area contributed by atoms with Gasteiger partial charge in [0.1, 0.15) is 0 Å². The minimum absolute atomic E-state index is 0.446. The van der Waals surface area contributed by atoms with Crippen molar-refractivity contribution in [2.24, 2.45) is 0 Å². The molecule has 0 aromatic heterocycles. The second-order valence-corrected chi connectivity index (χ2v) is 8.38. The Labute approximate surface area is 150 Å². The van der Waals surface area contributed by atoms with Crippen LogP contribution in [-0.2, 0) is 19.4 Å². The van der Waals surface area contributed by atoms with E-state index in [1.54, 1.807) is 0 Å². The van der Waals surface area contributed by atoms with Gasteiger partial charge in [0.15, 0.2) is 9.84 Å². The lowest BCUT2D eigenvalue weighted by molar-refractivity contribution is -0.355. The number of carbonyl (C=O) groups is 1. The lowest BCUT2D eigenvalue weighted by Crippen LogP contribution is -2.53. The van der Waals surface area contributed by atoms with Gasteiger partial charge in [0.2, 0.25) is 4.21 Å². The summed E-state index contributed by atoms with van der Waals surface area (Å²) in [5.41, 5.74) is 0. The highest BCUT2D eigenvalue weighted by Gasteiger charge is 2.73. The van der Waals surface area contributed by atoms with E-state index in [2.05, 4.69) is 4.74 Å². The summed E-state index contributed by atoms with van der Waals surface area (Å²) in [5.74, 6) is -16.6. The van der Waals surface area contributed by atoms with Crippen LogP contribution in [0.3, 0.4) is 0 Å². The van der Waals surface area contributed by atoms with E-state index in [-0.39, 0.29) is 0 Å². The lowest BCUT2D eigenvalue weighted by Gasteiger charge is -2.31. The highest BCUT2D eigenvalue weighted by molar-refractivity contribution is 7.95. The molecular weight excluding hydrogens is 454 g/mol. The molecule has 0 fully saturated rings. The van der Waals surface area contributed by atoms with E-state index >= 15 is 0 Å². The summed E-state index contributed by atoms with van der Waals surface area (Å²) in [6.07, 6.45) is -18.6. The molecule has 0 saturated heterocycles. The van der Waals surface area contributed by atoms with Crippen LogP contribution < -0.4 is 0 Å². The van der Waals surface area contributed by atoms with Crippen LogP contribution in [0.2, 0.25) is 0 Å². The van der Waals surface area contributed by atoms with E-state index in [1.165, 1.54) is 0 Å². The maximum atomic E-state index is 13.3. The fourth-order valence-electron chi connectivity index (χ4n) is 1.63. The van der Waals surface area contributed by atoms with E-state index in [1.807, 2.05) is 0 Å². The predicted octanol–water partition coefficient (Wildman–Crippen LogP) is 4.07. The van der Waals surface area contributed by atoms with Crippen LogP contribution in [0.5, 0.6) is 0 Å². The molecule has 0 N–H and O–H groups in total. The summed E-state index contributed by atoms with van der Waals surface area (Å²) in [4.78, 5) is 11.5. The number of sulfone groups is 1. The zero-order valence-corrected chi connectivity index (χ0v) is 14.6. The molecule has 162 valence electrons. The van der Waals surface area contributed by atoms with Crippen molar-refractivity contribution in [2.75, 3.05) is 12.9 Å². The SMILES string of the molecule is COC(=O)C(Cl)(CCC(F)(F)C(F)(F)C(F)(F)F)S(=O)(=O)CCC(F)(F)F. The first-order chi connectivity index (χ1) is 11.6. The van der Waals surface area contributed by atoms with Gasteiger partial charge in [0.25, 0.3) is 0 Å². The monoisotopic (exact) mass is 464 g/mol. The standard InChI is InChI=1S/C11H11ClF10O4S/c1-26-6(23)7(12,27(24,25)5-4-9(15,16)17)2-3-8(13,14)10(18,19)11(20,21)22/h2-5H2,1H3. The third-order valence-corrected chi connectivity index (χ3v) is 6.36. The maximum absolute atomic E-state index is 13.3. The number of methoxy groups -OCH3 is 1. The van der Waals surface area contributed by atoms with Gasteiger partial charge in [-0.25, -0.2) is 13.2 Å². The van der Waals surface area contributed by atoms with Gasteiger partial charge in [-0.1, -0.05) is 11.6 Å². The van der Waals surface area contributed by atoms with E-state index < -0.39 is 69.2 Å². The number of carbonyl (C=O) groups excluding carboxylic acids is 1. The highest BCUT2D eigenvalue weighted by Crippen LogP contribution is 2.50. The summed E-state index contributed by atoms with van der Waals surface area (Å²) < 4.78 is 149. The van der Waals surface area contributed by atoms with Gasteiger partial charge in [-0.05, 0) is 6.42 Å². The summed E-state index contributed by atoms with van der Waals surface area (Å²) in [7, 11) is -5.01. The molecule has 0 saturated carbocycles.